The molecule has 2 unspecified atom stereocenters. The second-order valence-corrected chi connectivity index (χ2v) is 4.38. The molecule has 1 N–H and O–H groups in total. The second kappa shape index (κ2) is 4.92. The highest BCUT2D eigenvalue weighted by Crippen LogP contribution is 2.34. The molecule has 0 saturated heterocycles. The molecular weight excluding hydrogens is 192 g/mol. The van der Waals surface area contributed by atoms with Gasteiger partial charge in [-0.25, -0.2) is 0 Å². The van der Waals surface area contributed by atoms with Crippen molar-refractivity contribution in [1.82, 2.24) is 0 Å². The lowest BCUT2D eigenvalue weighted by Crippen LogP contribution is -2.39. The van der Waals surface area contributed by atoms with E-state index in [1.54, 1.807) is 14.2 Å². The van der Waals surface area contributed by atoms with Gasteiger partial charge in [0, 0.05) is 19.6 Å². The molecule has 3 heteroatoms. The van der Waals surface area contributed by atoms with Gasteiger partial charge < -0.3 is 14.6 Å². The highest BCUT2D eigenvalue weighted by atomic mass is 16.5. The highest BCUT2D eigenvalue weighted by Gasteiger charge is 2.35. The number of hydrogen-bond donors (Lipinski definition) is 1. The molecule has 0 aromatic carbocycles. The van der Waals surface area contributed by atoms with Gasteiger partial charge in [0.25, 0.3) is 0 Å². The minimum absolute atomic E-state index is 0.346. The van der Waals surface area contributed by atoms with Crippen molar-refractivity contribution >= 4 is 0 Å². The lowest BCUT2D eigenvalue weighted by Gasteiger charge is -2.35. The fourth-order valence-corrected chi connectivity index (χ4v) is 2.15. The number of methoxy groups -OCH3 is 2. The van der Waals surface area contributed by atoms with Crippen molar-refractivity contribution < 1.29 is 14.6 Å². The molecule has 0 fully saturated rings. The number of allylic oxidation sites excluding steroid dienone is 2. The third-order valence-electron chi connectivity index (χ3n) is 2.71. The maximum atomic E-state index is 10.2. The van der Waals surface area contributed by atoms with Crippen LogP contribution in [-0.4, -0.2) is 38.6 Å². The summed E-state index contributed by atoms with van der Waals surface area (Å²) in [4.78, 5) is 0. The number of hydrogen-bond acceptors (Lipinski definition) is 3. The van der Waals surface area contributed by atoms with Crippen LogP contribution in [0.4, 0.5) is 0 Å². The van der Waals surface area contributed by atoms with Gasteiger partial charge in [0.15, 0.2) is 0 Å². The summed E-state index contributed by atoms with van der Waals surface area (Å²) in [5, 5.41) is 10.2. The summed E-state index contributed by atoms with van der Waals surface area (Å²) < 4.78 is 10.2. The van der Waals surface area contributed by atoms with Crippen LogP contribution >= 0.6 is 0 Å². The first-order valence-corrected chi connectivity index (χ1v) is 5.09. The van der Waals surface area contributed by atoms with Crippen LogP contribution in [0.2, 0.25) is 0 Å². The minimum Gasteiger partial charge on any atom is -0.388 e. The van der Waals surface area contributed by atoms with Gasteiger partial charge in [-0.05, 0) is 12.5 Å². The Bertz CT molecular complexity index is 281. The third kappa shape index (κ3) is 2.68. The highest BCUT2D eigenvalue weighted by molar-refractivity contribution is 5.34. The van der Waals surface area contributed by atoms with Crippen LogP contribution in [0, 0.1) is 5.41 Å². The van der Waals surface area contributed by atoms with E-state index in [0.29, 0.717) is 13.2 Å². The SMILES string of the molecule is COCC1=CC(C)=CC(C)(COC)C1O. The Morgan fingerprint density at radius 3 is 2.60 bits per heavy atom. The predicted octanol–water partition coefficient (Wildman–Crippen LogP) is 1.53. The number of aliphatic hydroxyl groups is 1. The molecule has 86 valence electrons. The van der Waals surface area contributed by atoms with Crippen molar-refractivity contribution in [2.24, 2.45) is 5.41 Å². The molecule has 0 saturated carbocycles. The molecule has 0 bridgehead atoms. The Balaban J connectivity index is 2.91. The summed E-state index contributed by atoms with van der Waals surface area (Å²) in [6.07, 6.45) is 3.51. The van der Waals surface area contributed by atoms with Crippen LogP contribution < -0.4 is 0 Å². The van der Waals surface area contributed by atoms with E-state index in [2.05, 4.69) is 6.08 Å². The molecule has 0 aliphatic heterocycles. The molecule has 0 aromatic heterocycles. The fraction of sp³-hybridized carbons (Fsp3) is 0.667. The summed E-state index contributed by atoms with van der Waals surface area (Å²) in [7, 11) is 3.28. The zero-order valence-corrected chi connectivity index (χ0v) is 9.91. The van der Waals surface area contributed by atoms with Crippen molar-refractivity contribution in [3.8, 4) is 0 Å². The van der Waals surface area contributed by atoms with Gasteiger partial charge in [0.05, 0.1) is 19.3 Å². The Morgan fingerprint density at radius 2 is 2.07 bits per heavy atom. The normalized spacial score (nSPS) is 31.1. The van der Waals surface area contributed by atoms with E-state index in [1.165, 1.54) is 0 Å². The largest absolute Gasteiger partial charge is 0.388 e. The zero-order chi connectivity index (χ0) is 11.5. The maximum Gasteiger partial charge on any atom is 0.0885 e. The lowest BCUT2D eigenvalue weighted by molar-refractivity contribution is 0.0212. The molecule has 1 aliphatic rings. The Morgan fingerprint density at radius 1 is 1.40 bits per heavy atom. The quantitative estimate of drug-likeness (QED) is 0.768. The topological polar surface area (TPSA) is 38.7 Å². The molecule has 0 radical (unpaired) electrons. The van der Waals surface area contributed by atoms with Crippen molar-refractivity contribution in [2.75, 3.05) is 27.4 Å². The lowest BCUT2D eigenvalue weighted by atomic mass is 9.76. The van der Waals surface area contributed by atoms with E-state index in [4.69, 9.17) is 9.47 Å². The summed E-state index contributed by atoms with van der Waals surface area (Å²) in [5.41, 5.74) is 1.71. The first kappa shape index (κ1) is 12.4. The van der Waals surface area contributed by atoms with Crippen LogP contribution in [0.1, 0.15) is 13.8 Å². The van der Waals surface area contributed by atoms with E-state index in [-0.39, 0.29) is 5.41 Å². The molecule has 0 aromatic rings. The van der Waals surface area contributed by atoms with Crippen LogP contribution in [0.15, 0.2) is 23.3 Å². The average Bonchev–Trinajstić information content (AvgIpc) is 2.14. The molecule has 1 aliphatic carbocycles. The summed E-state index contributed by atoms with van der Waals surface area (Å²) in [6.45, 7) is 4.99. The van der Waals surface area contributed by atoms with Crippen LogP contribution in [0.5, 0.6) is 0 Å². The fourth-order valence-electron chi connectivity index (χ4n) is 2.15. The van der Waals surface area contributed by atoms with Gasteiger partial charge >= 0.3 is 0 Å². The zero-order valence-electron chi connectivity index (χ0n) is 9.91. The van der Waals surface area contributed by atoms with Crippen molar-refractivity contribution in [3.63, 3.8) is 0 Å². The first-order chi connectivity index (χ1) is 7.03. The van der Waals surface area contributed by atoms with Crippen LogP contribution in [0.25, 0.3) is 0 Å². The Kier molecular flexibility index (Phi) is 4.08. The molecule has 3 nitrogen and oxygen atoms in total. The van der Waals surface area contributed by atoms with E-state index >= 15 is 0 Å². The Labute approximate surface area is 91.4 Å². The average molecular weight is 212 g/mol. The van der Waals surface area contributed by atoms with Crippen LogP contribution in [0.3, 0.4) is 0 Å². The third-order valence-corrected chi connectivity index (χ3v) is 2.71. The number of ether oxygens (including phenoxy) is 2. The maximum absolute atomic E-state index is 10.2. The summed E-state index contributed by atoms with van der Waals surface area (Å²) in [6, 6.07) is 0. The Hall–Kier alpha value is -0.640. The van der Waals surface area contributed by atoms with Gasteiger partial charge in [-0.3, -0.25) is 0 Å². The van der Waals surface area contributed by atoms with Crippen molar-refractivity contribution in [3.05, 3.63) is 23.3 Å². The minimum atomic E-state index is -0.527. The molecule has 0 spiro atoms. The molecule has 15 heavy (non-hydrogen) atoms. The van der Waals surface area contributed by atoms with Crippen LogP contribution in [-0.2, 0) is 9.47 Å². The molecular formula is C12H20O3. The molecule has 2 atom stereocenters. The molecule has 0 heterocycles. The first-order valence-electron chi connectivity index (χ1n) is 5.09. The number of rotatable bonds is 4. The second-order valence-electron chi connectivity index (χ2n) is 4.38. The van der Waals surface area contributed by atoms with Gasteiger partial charge in [-0.15, -0.1) is 0 Å². The standard InChI is InChI=1S/C12H20O3/c1-9-5-10(7-14-3)11(13)12(2,6-9)8-15-4/h5-6,11,13H,7-8H2,1-4H3. The van der Waals surface area contributed by atoms with Crippen molar-refractivity contribution in [2.45, 2.75) is 20.0 Å². The summed E-state index contributed by atoms with van der Waals surface area (Å²) in [5.74, 6) is 0. The van der Waals surface area contributed by atoms with E-state index in [0.717, 1.165) is 11.1 Å². The molecule has 1 rings (SSSR count). The van der Waals surface area contributed by atoms with Gasteiger partial charge in [0.1, 0.15) is 0 Å². The van der Waals surface area contributed by atoms with E-state index < -0.39 is 6.10 Å². The smallest absolute Gasteiger partial charge is 0.0885 e. The van der Waals surface area contributed by atoms with Gasteiger partial charge in [-0.1, -0.05) is 24.6 Å². The van der Waals surface area contributed by atoms with E-state index in [1.807, 2.05) is 19.9 Å². The molecule has 0 amide bonds. The summed E-state index contributed by atoms with van der Waals surface area (Å²) >= 11 is 0. The number of aliphatic hydroxyl groups excluding tert-OH is 1. The van der Waals surface area contributed by atoms with Gasteiger partial charge in [-0.2, -0.15) is 0 Å². The van der Waals surface area contributed by atoms with E-state index in [9.17, 15) is 5.11 Å². The monoisotopic (exact) mass is 212 g/mol. The van der Waals surface area contributed by atoms with Gasteiger partial charge in [0.2, 0.25) is 0 Å². The van der Waals surface area contributed by atoms with Crippen molar-refractivity contribution in [1.29, 1.82) is 0 Å². The predicted molar refractivity (Wildman–Crippen MR) is 59.7 cm³/mol.